The van der Waals surface area contributed by atoms with Crippen LogP contribution in [-0.4, -0.2) is 82.3 Å². The van der Waals surface area contributed by atoms with Gasteiger partial charge in [-0.1, -0.05) is 394 Å². The average Bonchev–Trinajstić information content (AvgIpc) is 2.40. The Morgan fingerprint density at radius 2 is 0.594 bits per heavy atom. The quantitative estimate of drug-likeness (QED) is 0.0195. The predicted molar refractivity (Wildman–Crippen MR) is 412 cm³/mol. The lowest BCUT2D eigenvalue weighted by Crippen LogP contribution is -2.44. The second-order valence-electron chi connectivity index (χ2n) is 29.0. The van der Waals surface area contributed by atoms with Crippen molar-refractivity contribution >= 4 is 17.9 Å². The molecule has 9 nitrogen and oxygen atoms in total. The number of likely N-dealkylation sites (N-methyl/N-ethyl adjacent to an activating group) is 1. The van der Waals surface area contributed by atoms with Crippen LogP contribution in [0.25, 0.3) is 0 Å². The Hall–Kier alpha value is -3.53. The van der Waals surface area contributed by atoms with Crippen LogP contribution in [0.15, 0.2) is 85.1 Å². The highest BCUT2D eigenvalue weighted by Crippen LogP contribution is 2.20. The fraction of sp³-hybridized carbons (Fsp3) is 0.805. The van der Waals surface area contributed by atoms with Gasteiger partial charge in [-0.05, 0) is 70.6 Å². The molecule has 9 heteroatoms. The fourth-order valence-corrected chi connectivity index (χ4v) is 12.2. The van der Waals surface area contributed by atoms with Crippen LogP contribution in [0.4, 0.5) is 0 Å². The van der Waals surface area contributed by atoms with Gasteiger partial charge in [-0.2, -0.15) is 0 Å². The standard InChI is InChI=1S/C87H157NO8/c1-6-8-10-12-14-16-18-20-22-24-26-28-30-32-34-36-38-40-41-42-43-44-45-46-48-50-52-54-56-58-60-62-64-66-68-70-72-74-76-78-85(90)96-83(82-95-87(86(91)92)93-80-79-88(3,4)5)81-94-84(89)77-75-73-71-69-67-65-63-61-59-57-55-53-51-49-47-39-37-35-33-31-29-27-25-23-21-19-17-15-13-11-9-7-2/h8,10,14,16,20,22,26,28,32,34,38,40,42-43,83,87H,6-7,9,11-13,15,17-19,21,23-25,27,29-31,33,35-37,39,41,44-82H2,1-5H3/b10-8-,16-14-,22-20-,28-26-,34-32-,40-38-,43-42-. The second-order valence-corrected chi connectivity index (χ2v) is 29.0. The Morgan fingerprint density at radius 3 is 0.885 bits per heavy atom. The summed E-state index contributed by atoms with van der Waals surface area (Å²) < 4.78 is 22.9. The third kappa shape index (κ3) is 77.8. The first-order valence-corrected chi connectivity index (χ1v) is 41.2. The Morgan fingerprint density at radius 1 is 0.323 bits per heavy atom. The molecule has 0 aromatic heterocycles. The van der Waals surface area contributed by atoms with Crippen molar-refractivity contribution in [2.75, 3.05) is 47.5 Å². The van der Waals surface area contributed by atoms with E-state index in [4.69, 9.17) is 18.9 Å². The molecule has 96 heavy (non-hydrogen) atoms. The number of allylic oxidation sites excluding steroid dienone is 14. The van der Waals surface area contributed by atoms with Gasteiger partial charge in [0.25, 0.3) is 0 Å². The van der Waals surface area contributed by atoms with E-state index in [0.29, 0.717) is 23.9 Å². The van der Waals surface area contributed by atoms with Crippen LogP contribution in [0.2, 0.25) is 0 Å². The van der Waals surface area contributed by atoms with Crippen molar-refractivity contribution in [1.29, 1.82) is 0 Å². The first kappa shape index (κ1) is 92.5. The SMILES string of the molecule is CC/C=C\C/C=C\C/C=C\C/C=C\C/C=C\C/C=C\C/C=C\CCCCCCCCCCCCCCCCCCCC(=O)OC(COC(=O)CCCCCCCCCCCCCCCCCCCCCCCCCCCCCCCCCC)COC(OCC[N+](C)(C)C)C(=O)[O-]. The van der Waals surface area contributed by atoms with E-state index in [0.717, 1.165) is 77.0 Å². The summed E-state index contributed by atoms with van der Waals surface area (Å²) in [5.74, 6) is -2.26. The molecule has 0 heterocycles. The number of carboxylic acid groups (broad SMARTS) is 1. The van der Waals surface area contributed by atoms with E-state index < -0.39 is 24.3 Å². The molecular formula is C87H157NO8. The van der Waals surface area contributed by atoms with E-state index in [1.165, 1.54) is 283 Å². The van der Waals surface area contributed by atoms with Gasteiger partial charge >= 0.3 is 11.9 Å². The maximum atomic E-state index is 13.0. The smallest absolute Gasteiger partial charge is 0.306 e. The molecule has 558 valence electrons. The first-order valence-electron chi connectivity index (χ1n) is 41.2. The number of carboxylic acids is 1. The Balaban J connectivity index is 3.99. The molecule has 2 unspecified atom stereocenters. The van der Waals surface area contributed by atoms with Crippen LogP contribution < -0.4 is 5.11 Å². The molecule has 0 aromatic carbocycles. The van der Waals surface area contributed by atoms with Crippen molar-refractivity contribution in [3.8, 4) is 0 Å². The maximum absolute atomic E-state index is 13.0. The van der Waals surface area contributed by atoms with E-state index in [2.05, 4.69) is 98.9 Å². The molecule has 0 amide bonds. The Kier molecular flexibility index (Phi) is 74.4. The molecule has 0 aliphatic carbocycles. The molecule has 0 saturated heterocycles. The van der Waals surface area contributed by atoms with Crippen molar-refractivity contribution in [1.82, 2.24) is 0 Å². The summed E-state index contributed by atoms with van der Waals surface area (Å²) in [5.41, 5.74) is 0. The number of carbonyl (C=O) groups excluding carboxylic acids is 3. The van der Waals surface area contributed by atoms with Crippen molar-refractivity contribution in [3.05, 3.63) is 85.1 Å². The number of hydrogen-bond acceptors (Lipinski definition) is 8. The van der Waals surface area contributed by atoms with Gasteiger partial charge in [0.15, 0.2) is 12.4 Å². The molecule has 0 aliphatic heterocycles. The van der Waals surface area contributed by atoms with Gasteiger partial charge in [0.2, 0.25) is 0 Å². The summed E-state index contributed by atoms with van der Waals surface area (Å²) in [7, 11) is 5.95. The lowest BCUT2D eigenvalue weighted by atomic mass is 10.0. The van der Waals surface area contributed by atoms with Crippen molar-refractivity contribution in [2.24, 2.45) is 0 Å². The molecule has 0 aliphatic rings. The van der Waals surface area contributed by atoms with Crippen LogP contribution in [0.5, 0.6) is 0 Å². The summed E-state index contributed by atoms with van der Waals surface area (Å²) in [6.45, 7) is 4.70. The van der Waals surface area contributed by atoms with Gasteiger partial charge in [0.05, 0.1) is 40.3 Å². The van der Waals surface area contributed by atoms with Crippen LogP contribution >= 0.6 is 0 Å². The zero-order valence-corrected chi connectivity index (χ0v) is 64.0. The van der Waals surface area contributed by atoms with Crippen LogP contribution in [0.3, 0.4) is 0 Å². The molecule has 0 fully saturated rings. The summed E-state index contributed by atoms with van der Waals surface area (Å²) in [5, 5.41) is 11.9. The monoisotopic (exact) mass is 1340 g/mol. The van der Waals surface area contributed by atoms with Crippen LogP contribution in [-0.2, 0) is 33.3 Å². The molecule has 0 radical (unpaired) electrons. The molecule has 0 rings (SSSR count). The van der Waals surface area contributed by atoms with E-state index in [-0.39, 0.29) is 32.2 Å². The number of unbranched alkanes of at least 4 members (excludes halogenated alkanes) is 48. The Bertz CT molecular complexity index is 1860. The maximum Gasteiger partial charge on any atom is 0.306 e. The molecule has 0 bridgehead atoms. The summed E-state index contributed by atoms with van der Waals surface area (Å²) >= 11 is 0. The Labute approximate surface area is 595 Å². The molecular weight excluding hydrogens is 1190 g/mol. The van der Waals surface area contributed by atoms with E-state index >= 15 is 0 Å². The van der Waals surface area contributed by atoms with E-state index in [1.807, 2.05) is 21.1 Å². The summed E-state index contributed by atoms with van der Waals surface area (Å²) in [4.78, 5) is 37.6. The highest BCUT2D eigenvalue weighted by Gasteiger charge is 2.22. The second kappa shape index (κ2) is 77.2. The van der Waals surface area contributed by atoms with Gasteiger partial charge in [0, 0.05) is 12.8 Å². The molecule has 0 aromatic rings. The topological polar surface area (TPSA) is 111 Å². The minimum absolute atomic E-state index is 0.148. The van der Waals surface area contributed by atoms with E-state index in [9.17, 15) is 19.5 Å². The van der Waals surface area contributed by atoms with Crippen molar-refractivity contribution < 1.29 is 42.9 Å². The number of ether oxygens (including phenoxy) is 4. The third-order valence-electron chi connectivity index (χ3n) is 18.4. The zero-order chi connectivity index (χ0) is 69.7. The van der Waals surface area contributed by atoms with Gasteiger partial charge < -0.3 is 33.3 Å². The first-order chi connectivity index (χ1) is 47.1. The number of esters is 2. The van der Waals surface area contributed by atoms with Gasteiger partial charge in [-0.25, -0.2) is 0 Å². The molecule has 2 atom stereocenters. The van der Waals surface area contributed by atoms with Gasteiger partial charge in [-0.15, -0.1) is 0 Å². The largest absolute Gasteiger partial charge is 0.545 e. The lowest BCUT2D eigenvalue weighted by Gasteiger charge is -2.26. The number of nitrogens with zero attached hydrogens (tertiary/aromatic N) is 1. The van der Waals surface area contributed by atoms with Crippen molar-refractivity contribution in [2.45, 2.75) is 405 Å². The lowest BCUT2D eigenvalue weighted by molar-refractivity contribution is -0.870. The molecule has 0 saturated carbocycles. The molecule has 0 spiro atoms. The average molecular weight is 1350 g/mol. The predicted octanol–water partition coefficient (Wildman–Crippen LogP) is 25.2. The van der Waals surface area contributed by atoms with Crippen molar-refractivity contribution in [3.63, 3.8) is 0 Å². The number of aliphatic carboxylic acids is 1. The minimum Gasteiger partial charge on any atom is -0.545 e. The number of carbonyl (C=O) groups is 3. The number of quaternary nitrogens is 1. The summed E-state index contributed by atoms with van der Waals surface area (Å²) in [6.07, 6.45) is 103. The van der Waals surface area contributed by atoms with Crippen LogP contribution in [0, 0.1) is 0 Å². The highest BCUT2D eigenvalue weighted by molar-refractivity contribution is 5.70. The molecule has 0 N–H and O–H groups in total. The van der Waals surface area contributed by atoms with Gasteiger partial charge in [-0.3, -0.25) is 9.59 Å². The zero-order valence-electron chi connectivity index (χ0n) is 64.0. The number of hydrogen-bond donors (Lipinski definition) is 0. The minimum atomic E-state index is -1.62. The van der Waals surface area contributed by atoms with E-state index in [1.54, 1.807) is 0 Å². The normalized spacial score (nSPS) is 13.1. The highest BCUT2D eigenvalue weighted by atomic mass is 16.7. The number of rotatable bonds is 77. The van der Waals surface area contributed by atoms with Crippen LogP contribution in [0.1, 0.15) is 393 Å². The van der Waals surface area contributed by atoms with Gasteiger partial charge in [0.1, 0.15) is 13.2 Å². The summed E-state index contributed by atoms with van der Waals surface area (Å²) in [6, 6.07) is 0. The fourth-order valence-electron chi connectivity index (χ4n) is 12.2. The third-order valence-corrected chi connectivity index (χ3v) is 18.4.